The molecule has 1 aromatic rings. The third kappa shape index (κ3) is 3.98. The van der Waals surface area contributed by atoms with Gasteiger partial charge in [-0.3, -0.25) is 9.59 Å². The molecule has 2 amide bonds. The lowest BCUT2D eigenvalue weighted by atomic mass is 10.1. The SMILES string of the molecule is CCCNC(=O)C(C)NC(=O)c1cccc(O)c1C. The summed E-state index contributed by atoms with van der Waals surface area (Å²) in [5, 5.41) is 14.9. The van der Waals surface area contributed by atoms with Crippen LogP contribution in [-0.2, 0) is 4.79 Å². The number of rotatable bonds is 5. The van der Waals surface area contributed by atoms with Crippen LogP contribution in [0.4, 0.5) is 0 Å². The second kappa shape index (κ2) is 6.78. The summed E-state index contributed by atoms with van der Waals surface area (Å²) in [4.78, 5) is 23.6. The first kappa shape index (κ1) is 15.0. The molecule has 0 radical (unpaired) electrons. The van der Waals surface area contributed by atoms with Crippen LogP contribution in [0.2, 0.25) is 0 Å². The monoisotopic (exact) mass is 264 g/mol. The summed E-state index contributed by atoms with van der Waals surface area (Å²) in [5.41, 5.74) is 0.872. The molecule has 0 saturated carbocycles. The van der Waals surface area contributed by atoms with Gasteiger partial charge in [-0.1, -0.05) is 13.0 Å². The van der Waals surface area contributed by atoms with Gasteiger partial charge < -0.3 is 15.7 Å². The van der Waals surface area contributed by atoms with Crippen LogP contribution < -0.4 is 10.6 Å². The predicted molar refractivity (Wildman–Crippen MR) is 73.1 cm³/mol. The minimum Gasteiger partial charge on any atom is -0.508 e. The predicted octanol–water partition coefficient (Wildman–Crippen LogP) is 1.35. The number of hydrogen-bond donors (Lipinski definition) is 3. The van der Waals surface area contributed by atoms with Gasteiger partial charge in [0.1, 0.15) is 11.8 Å². The lowest BCUT2D eigenvalue weighted by Gasteiger charge is -2.15. The molecule has 0 aliphatic rings. The molecular weight excluding hydrogens is 244 g/mol. The first-order chi connectivity index (χ1) is 8.97. The van der Waals surface area contributed by atoms with Crippen molar-refractivity contribution in [3.05, 3.63) is 29.3 Å². The van der Waals surface area contributed by atoms with E-state index in [9.17, 15) is 14.7 Å². The fourth-order valence-corrected chi connectivity index (χ4v) is 1.61. The molecule has 1 rings (SSSR count). The van der Waals surface area contributed by atoms with E-state index in [1.807, 2.05) is 6.92 Å². The molecule has 1 aromatic carbocycles. The van der Waals surface area contributed by atoms with E-state index in [0.717, 1.165) is 6.42 Å². The zero-order valence-corrected chi connectivity index (χ0v) is 11.5. The number of hydrogen-bond acceptors (Lipinski definition) is 3. The van der Waals surface area contributed by atoms with Crippen LogP contribution in [0.3, 0.4) is 0 Å². The molecule has 1 unspecified atom stereocenters. The Kier molecular flexibility index (Phi) is 5.36. The van der Waals surface area contributed by atoms with E-state index in [2.05, 4.69) is 10.6 Å². The number of amides is 2. The lowest BCUT2D eigenvalue weighted by Crippen LogP contribution is -2.45. The van der Waals surface area contributed by atoms with Crippen molar-refractivity contribution in [2.75, 3.05) is 6.54 Å². The first-order valence-electron chi connectivity index (χ1n) is 6.34. The van der Waals surface area contributed by atoms with Crippen LogP contribution in [0.15, 0.2) is 18.2 Å². The summed E-state index contributed by atoms with van der Waals surface area (Å²) >= 11 is 0. The molecule has 0 saturated heterocycles. The Morgan fingerprint density at radius 2 is 2.05 bits per heavy atom. The molecule has 0 aliphatic carbocycles. The number of phenolic OH excluding ortho intramolecular Hbond substituents is 1. The summed E-state index contributed by atoms with van der Waals surface area (Å²) in [6.45, 7) is 5.83. The number of phenols is 1. The number of carbonyl (C=O) groups excluding carboxylic acids is 2. The maximum absolute atomic E-state index is 12.0. The van der Waals surface area contributed by atoms with Gasteiger partial charge in [0, 0.05) is 17.7 Å². The second-order valence-corrected chi connectivity index (χ2v) is 4.44. The molecule has 19 heavy (non-hydrogen) atoms. The van der Waals surface area contributed by atoms with Crippen molar-refractivity contribution in [2.45, 2.75) is 33.2 Å². The number of aromatic hydroxyl groups is 1. The van der Waals surface area contributed by atoms with Crippen molar-refractivity contribution in [3.63, 3.8) is 0 Å². The quantitative estimate of drug-likeness (QED) is 0.751. The third-order valence-electron chi connectivity index (χ3n) is 2.84. The van der Waals surface area contributed by atoms with Gasteiger partial charge in [-0.15, -0.1) is 0 Å². The standard InChI is InChI=1S/C14H20N2O3/c1-4-8-15-13(18)10(3)16-14(19)11-6-5-7-12(17)9(11)2/h5-7,10,17H,4,8H2,1-3H3,(H,15,18)(H,16,19). The van der Waals surface area contributed by atoms with Gasteiger partial charge in [0.25, 0.3) is 5.91 Å². The van der Waals surface area contributed by atoms with Crippen molar-refractivity contribution < 1.29 is 14.7 Å². The summed E-state index contributed by atoms with van der Waals surface area (Å²) in [6.07, 6.45) is 0.845. The summed E-state index contributed by atoms with van der Waals surface area (Å²) in [7, 11) is 0. The topological polar surface area (TPSA) is 78.4 Å². The van der Waals surface area contributed by atoms with Crippen LogP contribution in [0.25, 0.3) is 0 Å². The third-order valence-corrected chi connectivity index (χ3v) is 2.84. The van der Waals surface area contributed by atoms with Gasteiger partial charge in [0.05, 0.1) is 0 Å². The highest BCUT2D eigenvalue weighted by Gasteiger charge is 2.17. The Morgan fingerprint density at radius 1 is 1.37 bits per heavy atom. The van der Waals surface area contributed by atoms with E-state index in [-0.39, 0.29) is 17.6 Å². The van der Waals surface area contributed by atoms with E-state index in [1.165, 1.54) is 6.07 Å². The molecule has 1 atom stereocenters. The minimum atomic E-state index is -0.610. The molecule has 104 valence electrons. The lowest BCUT2D eigenvalue weighted by molar-refractivity contribution is -0.122. The molecule has 0 aromatic heterocycles. The Hall–Kier alpha value is -2.04. The summed E-state index contributed by atoms with van der Waals surface area (Å²) in [5.74, 6) is -0.517. The molecule has 0 heterocycles. The van der Waals surface area contributed by atoms with Crippen molar-refractivity contribution in [1.29, 1.82) is 0 Å². The zero-order valence-electron chi connectivity index (χ0n) is 11.5. The molecular formula is C14H20N2O3. The van der Waals surface area contributed by atoms with Crippen molar-refractivity contribution in [3.8, 4) is 5.75 Å². The van der Waals surface area contributed by atoms with Crippen molar-refractivity contribution in [1.82, 2.24) is 10.6 Å². The van der Waals surface area contributed by atoms with Crippen LogP contribution in [-0.4, -0.2) is 29.5 Å². The van der Waals surface area contributed by atoms with Gasteiger partial charge in [0.2, 0.25) is 5.91 Å². The molecule has 5 heteroatoms. The van der Waals surface area contributed by atoms with Gasteiger partial charge in [-0.2, -0.15) is 0 Å². The zero-order chi connectivity index (χ0) is 14.4. The Morgan fingerprint density at radius 3 is 2.68 bits per heavy atom. The highest BCUT2D eigenvalue weighted by molar-refractivity contribution is 5.98. The largest absolute Gasteiger partial charge is 0.508 e. The number of nitrogens with one attached hydrogen (secondary N) is 2. The van der Waals surface area contributed by atoms with E-state index in [4.69, 9.17) is 0 Å². The molecule has 3 N–H and O–H groups in total. The first-order valence-corrected chi connectivity index (χ1v) is 6.34. The normalized spacial score (nSPS) is 11.7. The van der Waals surface area contributed by atoms with E-state index in [0.29, 0.717) is 17.7 Å². The molecule has 0 spiro atoms. The van der Waals surface area contributed by atoms with Crippen molar-refractivity contribution >= 4 is 11.8 Å². The highest BCUT2D eigenvalue weighted by atomic mass is 16.3. The number of carbonyl (C=O) groups is 2. The Balaban J connectivity index is 2.69. The average molecular weight is 264 g/mol. The van der Waals surface area contributed by atoms with Crippen LogP contribution >= 0.6 is 0 Å². The molecule has 0 aliphatic heterocycles. The van der Waals surface area contributed by atoms with E-state index < -0.39 is 6.04 Å². The summed E-state index contributed by atoms with van der Waals surface area (Å²) in [6, 6.07) is 4.12. The Bertz CT molecular complexity index is 472. The highest BCUT2D eigenvalue weighted by Crippen LogP contribution is 2.19. The molecule has 5 nitrogen and oxygen atoms in total. The fraction of sp³-hybridized carbons (Fsp3) is 0.429. The van der Waals surface area contributed by atoms with Crippen LogP contribution in [0.5, 0.6) is 5.75 Å². The van der Waals surface area contributed by atoms with E-state index >= 15 is 0 Å². The van der Waals surface area contributed by atoms with Gasteiger partial charge in [0.15, 0.2) is 0 Å². The van der Waals surface area contributed by atoms with Gasteiger partial charge >= 0.3 is 0 Å². The van der Waals surface area contributed by atoms with E-state index in [1.54, 1.807) is 26.0 Å². The summed E-state index contributed by atoms with van der Waals surface area (Å²) < 4.78 is 0. The minimum absolute atomic E-state index is 0.0655. The molecule has 0 bridgehead atoms. The van der Waals surface area contributed by atoms with Crippen molar-refractivity contribution in [2.24, 2.45) is 0 Å². The second-order valence-electron chi connectivity index (χ2n) is 4.44. The van der Waals surface area contributed by atoms with Gasteiger partial charge in [-0.05, 0) is 32.4 Å². The van der Waals surface area contributed by atoms with Crippen LogP contribution in [0.1, 0.15) is 36.2 Å². The smallest absolute Gasteiger partial charge is 0.252 e. The number of benzene rings is 1. The maximum Gasteiger partial charge on any atom is 0.252 e. The van der Waals surface area contributed by atoms with Gasteiger partial charge in [-0.25, -0.2) is 0 Å². The average Bonchev–Trinajstić information content (AvgIpc) is 2.38. The molecule has 0 fully saturated rings. The van der Waals surface area contributed by atoms with Crippen LogP contribution in [0, 0.1) is 6.92 Å². The maximum atomic E-state index is 12.0. The Labute approximate surface area is 113 Å². The fourth-order valence-electron chi connectivity index (χ4n) is 1.61.